The van der Waals surface area contributed by atoms with Gasteiger partial charge in [0.25, 0.3) is 0 Å². The molecule has 5 heteroatoms. The van der Waals surface area contributed by atoms with Crippen LogP contribution in [0.3, 0.4) is 0 Å². The Labute approximate surface area is 113 Å². The van der Waals surface area contributed by atoms with Crippen LogP contribution in [0.1, 0.15) is 54.1 Å². The van der Waals surface area contributed by atoms with Gasteiger partial charge in [0, 0.05) is 0 Å². The molecule has 104 valence electrons. The molecule has 1 N–H and O–H groups in total. The smallest absolute Gasteiger partial charge is 0.335 e. The maximum absolute atomic E-state index is 12.5. The van der Waals surface area contributed by atoms with E-state index in [1.165, 1.54) is 6.07 Å². The van der Waals surface area contributed by atoms with Crippen molar-refractivity contribution < 1.29 is 18.3 Å². The summed E-state index contributed by atoms with van der Waals surface area (Å²) in [6.45, 7) is 5.42. The Balaban J connectivity index is 2.74. The number of benzene rings is 1. The molecule has 0 aromatic heterocycles. The summed E-state index contributed by atoms with van der Waals surface area (Å²) in [6.07, 6.45) is 1.35. The van der Waals surface area contributed by atoms with Gasteiger partial charge in [-0.25, -0.2) is 13.2 Å². The Hall–Kier alpha value is -1.36. The first-order chi connectivity index (χ1) is 8.76. The first-order valence-electron chi connectivity index (χ1n) is 6.37. The van der Waals surface area contributed by atoms with E-state index in [0.717, 1.165) is 5.56 Å². The van der Waals surface area contributed by atoms with Crippen LogP contribution in [-0.2, 0) is 9.84 Å². The van der Waals surface area contributed by atoms with Gasteiger partial charge in [-0.05, 0) is 42.9 Å². The molecule has 0 atom stereocenters. The number of sulfone groups is 1. The molecule has 2 rings (SSSR count). The van der Waals surface area contributed by atoms with Gasteiger partial charge in [-0.3, -0.25) is 0 Å². The van der Waals surface area contributed by atoms with Gasteiger partial charge in [-0.15, -0.1) is 0 Å². The average molecular weight is 282 g/mol. The number of hydrogen-bond acceptors (Lipinski definition) is 3. The lowest BCUT2D eigenvalue weighted by atomic mass is 9.98. The summed E-state index contributed by atoms with van der Waals surface area (Å²) in [7, 11) is -3.39. The van der Waals surface area contributed by atoms with Crippen molar-refractivity contribution in [3.63, 3.8) is 0 Å². The Morgan fingerprint density at radius 2 is 1.89 bits per heavy atom. The number of hydrogen-bond donors (Lipinski definition) is 1. The molecule has 0 radical (unpaired) electrons. The van der Waals surface area contributed by atoms with Crippen molar-refractivity contribution in [3.8, 4) is 0 Å². The van der Waals surface area contributed by atoms with Crippen LogP contribution in [0.15, 0.2) is 17.0 Å². The van der Waals surface area contributed by atoms with Crippen molar-refractivity contribution >= 4 is 15.8 Å². The number of rotatable bonds is 4. The van der Waals surface area contributed by atoms with Gasteiger partial charge in [0.2, 0.25) is 0 Å². The van der Waals surface area contributed by atoms with Crippen molar-refractivity contribution in [3.05, 3.63) is 28.8 Å². The summed E-state index contributed by atoms with van der Waals surface area (Å²) in [5.74, 6) is -1.04. The molecular weight excluding hydrogens is 264 g/mol. The zero-order valence-electron chi connectivity index (χ0n) is 11.3. The van der Waals surface area contributed by atoms with Crippen LogP contribution in [0.25, 0.3) is 0 Å². The second kappa shape index (κ2) is 4.63. The van der Waals surface area contributed by atoms with Crippen LogP contribution in [0.5, 0.6) is 0 Å². The highest BCUT2D eigenvalue weighted by atomic mass is 32.2. The van der Waals surface area contributed by atoms with E-state index in [1.54, 1.807) is 13.0 Å². The molecule has 1 saturated carbocycles. The fraction of sp³-hybridized carbons (Fsp3) is 0.500. The molecule has 19 heavy (non-hydrogen) atoms. The molecule has 1 aliphatic carbocycles. The van der Waals surface area contributed by atoms with E-state index in [-0.39, 0.29) is 21.6 Å². The predicted octanol–water partition coefficient (Wildman–Crippen LogP) is 2.75. The second-order valence-corrected chi connectivity index (χ2v) is 7.53. The van der Waals surface area contributed by atoms with Crippen molar-refractivity contribution in [2.45, 2.75) is 49.7 Å². The minimum absolute atomic E-state index is 0.0464. The molecule has 0 unspecified atom stereocenters. The van der Waals surface area contributed by atoms with Crippen LogP contribution in [-0.4, -0.2) is 24.7 Å². The van der Waals surface area contributed by atoms with Gasteiger partial charge in [0.15, 0.2) is 9.84 Å². The summed E-state index contributed by atoms with van der Waals surface area (Å²) < 4.78 is 25.0. The minimum Gasteiger partial charge on any atom is -0.478 e. The lowest BCUT2D eigenvalue weighted by Gasteiger charge is -2.17. The number of carboxylic acid groups (broad SMARTS) is 1. The van der Waals surface area contributed by atoms with Crippen LogP contribution >= 0.6 is 0 Å². The molecule has 0 spiro atoms. The van der Waals surface area contributed by atoms with E-state index in [0.29, 0.717) is 18.4 Å². The molecule has 1 aliphatic rings. The Morgan fingerprint density at radius 1 is 1.32 bits per heavy atom. The van der Waals surface area contributed by atoms with Crippen LogP contribution in [0.2, 0.25) is 0 Å². The monoisotopic (exact) mass is 282 g/mol. The van der Waals surface area contributed by atoms with Gasteiger partial charge in [-0.1, -0.05) is 19.9 Å². The standard InChI is InChI=1S/C14H18O4S/c1-8(2)11-6-7-12(14(15)16)9(3)13(11)19(17,18)10-4-5-10/h6-8,10H,4-5H2,1-3H3,(H,15,16). The Morgan fingerprint density at radius 3 is 2.32 bits per heavy atom. The van der Waals surface area contributed by atoms with E-state index < -0.39 is 15.8 Å². The fourth-order valence-corrected chi connectivity index (χ4v) is 4.58. The van der Waals surface area contributed by atoms with E-state index in [4.69, 9.17) is 5.11 Å². The third-order valence-corrected chi connectivity index (χ3v) is 6.00. The number of carbonyl (C=O) groups is 1. The third kappa shape index (κ3) is 2.39. The zero-order valence-corrected chi connectivity index (χ0v) is 12.1. The Kier molecular flexibility index (Phi) is 3.43. The zero-order chi connectivity index (χ0) is 14.4. The molecular formula is C14H18O4S. The summed E-state index contributed by atoms with van der Waals surface area (Å²) in [5, 5.41) is 8.82. The first-order valence-corrected chi connectivity index (χ1v) is 7.92. The van der Waals surface area contributed by atoms with Crippen LogP contribution in [0.4, 0.5) is 0 Å². The largest absolute Gasteiger partial charge is 0.478 e. The lowest BCUT2D eigenvalue weighted by molar-refractivity contribution is 0.0695. The highest BCUT2D eigenvalue weighted by Gasteiger charge is 2.39. The van der Waals surface area contributed by atoms with E-state index in [9.17, 15) is 13.2 Å². The van der Waals surface area contributed by atoms with Crippen molar-refractivity contribution in [1.29, 1.82) is 0 Å². The summed E-state index contributed by atoms with van der Waals surface area (Å²) in [4.78, 5) is 11.4. The Bertz CT molecular complexity index is 625. The highest BCUT2D eigenvalue weighted by molar-refractivity contribution is 7.92. The van der Waals surface area contributed by atoms with Gasteiger partial charge in [-0.2, -0.15) is 0 Å². The molecule has 0 aliphatic heterocycles. The fourth-order valence-electron chi connectivity index (χ4n) is 2.32. The highest BCUT2D eigenvalue weighted by Crippen LogP contribution is 2.39. The van der Waals surface area contributed by atoms with Crippen molar-refractivity contribution in [1.82, 2.24) is 0 Å². The summed E-state index contributed by atoms with van der Waals surface area (Å²) in [5.41, 5.74) is 1.16. The summed E-state index contributed by atoms with van der Waals surface area (Å²) >= 11 is 0. The van der Waals surface area contributed by atoms with Gasteiger partial charge >= 0.3 is 5.97 Å². The van der Waals surface area contributed by atoms with Gasteiger partial charge in [0.1, 0.15) is 0 Å². The molecule has 1 aromatic carbocycles. The molecule has 4 nitrogen and oxygen atoms in total. The van der Waals surface area contributed by atoms with Crippen LogP contribution < -0.4 is 0 Å². The normalized spacial score (nSPS) is 15.8. The van der Waals surface area contributed by atoms with Crippen LogP contribution in [0, 0.1) is 6.92 Å². The quantitative estimate of drug-likeness (QED) is 0.921. The van der Waals surface area contributed by atoms with E-state index in [1.807, 2.05) is 13.8 Å². The second-order valence-electron chi connectivity index (χ2n) is 5.36. The molecule has 0 bridgehead atoms. The lowest BCUT2D eigenvalue weighted by Crippen LogP contribution is -2.15. The average Bonchev–Trinajstić information content (AvgIpc) is 3.11. The van der Waals surface area contributed by atoms with Crippen molar-refractivity contribution in [2.24, 2.45) is 0 Å². The van der Waals surface area contributed by atoms with Gasteiger partial charge < -0.3 is 5.11 Å². The first kappa shape index (κ1) is 14.1. The third-order valence-electron chi connectivity index (χ3n) is 3.54. The predicted molar refractivity (Wildman–Crippen MR) is 72.4 cm³/mol. The molecule has 1 aromatic rings. The SMILES string of the molecule is Cc1c(C(=O)O)ccc(C(C)C)c1S(=O)(=O)C1CC1. The van der Waals surface area contributed by atoms with E-state index >= 15 is 0 Å². The van der Waals surface area contributed by atoms with E-state index in [2.05, 4.69) is 0 Å². The summed E-state index contributed by atoms with van der Waals surface area (Å²) in [6, 6.07) is 3.13. The van der Waals surface area contributed by atoms with Crippen molar-refractivity contribution in [2.75, 3.05) is 0 Å². The maximum atomic E-state index is 12.5. The van der Waals surface area contributed by atoms with Gasteiger partial charge in [0.05, 0.1) is 15.7 Å². The minimum atomic E-state index is -3.39. The molecule has 1 fully saturated rings. The number of aromatic carboxylic acids is 1. The molecule has 0 saturated heterocycles. The number of carboxylic acids is 1. The topological polar surface area (TPSA) is 71.4 Å². The molecule has 0 amide bonds. The molecule has 0 heterocycles. The maximum Gasteiger partial charge on any atom is 0.335 e.